The number of carboxylic acids is 1. The van der Waals surface area contributed by atoms with E-state index in [1.165, 1.54) is 4.90 Å². The standard InChI is InChI=1S/C30H48N10O11S2/c31-8-2-1-4-16(30(50)51)37-29(49)20-5-3-9-40(20)24(44)12-34-26(46)17(10-21(32)41)38-28(48)19(14-53)39-27(47)18(13-52)36-23(43)11-33-25(45)15-6-7-22(42)35-15/h15-20,52-53H,1-14,31H2,(H2,32,41)(H,33,45)(H,34,46)(H,35,42)(H,36,43)(H,37,49)(H,38,48)(H,39,47)(H,50,51)/t15-,16-,17-,18-,19-,20-/m0/s1. The Hall–Kier alpha value is -4.64. The molecule has 0 unspecified atom stereocenters. The maximum atomic E-state index is 13.1. The Bertz CT molecular complexity index is 1400. The largest absolute Gasteiger partial charge is 0.480 e. The molecule has 0 aromatic rings. The van der Waals surface area contributed by atoms with Gasteiger partial charge in [0.1, 0.15) is 36.3 Å². The van der Waals surface area contributed by atoms with E-state index in [1.807, 2.05) is 0 Å². The summed E-state index contributed by atoms with van der Waals surface area (Å²) in [7, 11) is 0. The molecule has 296 valence electrons. The van der Waals surface area contributed by atoms with Gasteiger partial charge in [0, 0.05) is 24.5 Å². The van der Waals surface area contributed by atoms with Crippen LogP contribution in [0.1, 0.15) is 51.4 Å². The van der Waals surface area contributed by atoms with Crippen LogP contribution in [0, 0.1) is 0 Å². The average molecular weight is 789 g/mol. The second kappa shape index (κ2) is 22.4. The average Bonchev–Trinajstić information content (AvgIpc) is 3.79. The minimum Gasteiger partial charge on any atom is -0.480 e. The Labute approximate surface area is 315 Å². The molecule has 21 nitrogen and oxygen atoms in total. The first-order valence-electron chi connectivity index (χ1n) is 16.9. The lowest BCUT2D eigenvalue weighted by atomic mass is 10.1. The van der Waals surface area contributed by atoms with Crippen molar-refractivity contribution in [3.8, 4) is 0 Å². The zero-order valence-corrected chi connectivity index (χ0v) is 30.7. The fourth-order valence-corrected chi connectivity index (χ4v) is 5.95. The summed E-state index contributed by atoms with van der Waals surface area (Å²) >= 11 is 8.12. The highest BCUT2D eigenvalue weighted by Gasteiger charge is 2.36. The first-order chi connectivity index (χ1) is 25.1. The Morgan fingerprint density at radius 2 is 1.45 bits per heavy atom. The Kier molecular flexibility index (Phi) is 18.8. The van der Waals surface area contributed by atoms with Crippen molar-refractivity contribution in [2.75, 3.05) is 37.7 Å². The van der Waals surface area contributed by atoms with Crippen LogP contribution in [0.2, 0.25) is 0 Å². The van der Waals surface area contributed by atoms with Crippen LogP contribution in [-0.4, -0.2) is 143 Å². The third-order valence-corrected chi connectivity index (χ3v) is 9.00. The van der Waals surface area contributed by atoms with Crippen molar-refractivity contribution >= 4 is 84.4 Å². The molecule has 2 heterocycles. The number of amides is 9. The smallest absolute Gasteiger partial charge is 0.326 e. The maximum Gasteiger partial charge on any atom is 0.326 e. The summed E-state index contributed by atoms with van der Waals surface area (Å²) < 4.78 is 0. The van der Waals surface area contributed by atoms with Gasteiger partial charge in [-0.2, -0.15) is 25.3 Å². The molecular weight excluding hydrogens is 741 g/mol. The summed E-state index contributed by atoms with van der Waals surface area (Å²) in [5.41, 5.74) is 10.7. The fraction of sp³-hybridized carbons (Fsp3) is 0.667. The van der Waals surface area contributed by atoms with E-state index in [4.69, 9.17) is 11.5 Å². The number of rotatable bonds is 22. The predicted molar refractivity (Wildman–Crippen MR) is 192 cm³/mol. The van der Waals surface area contributed by atoms with Gasteiger partial charge in [-0.1, -0.05) is 0 Å². The Morgan fingerprint density at radius 3 is 2.02 bits per heavy atom. The highest BCUT2D eigenvalue weighted by molar-refractivity contribution is 7.80. The van der Waals surface area contributed by atoms with Gasteiger partial charge in [-0.3, -0.25) is 43.2 Å². The SMILES string of the molecule is NCCCC[C@H](NC(=O)[C@@H]1CCCN1C(=O)CNC(=O)[C@H](CC(N)=O)NC(=O)[C@H](CS)NC(=O)[C@H](CS)NC(=O)CNC(=O)[C@@H]1CCC(=O)N1)C(=O)O. The molecule has 0 aliphatic carbocycles. The monoisotopic (exact) mass is 788 g/mol. The number of hydrogen-bond acceptors (Lipinski definition) is 13. The number of nitrogens with zero attached hydrogens (tertiary/aromatic N) is 1. The van der Waals surface area contributed by atoms with Crippen molar-refractivity contribution in [1.82, 2.24) is 42.1 Å². The van der Waals surface area contributed by atoms with Crippen LogP contribution in [0.5, 0.6) is 0 Å². The fourth-order valence-electron chi connectivity index (χ4n) is 5.43. The lowest BCUT2D eigenvalue weighted by molar-refractivity contribution is -0.144. The van der Waals surface area contributed by atoms with Crippen LogP contribution < -0.4 is 48.7 Å². The zero-order valence-electron chi connectivity index (χ0n) is 28.9. The van der Waals surface area contributed by atoms with Crippen molar-refractivity contribution in [2.45, 2.75) is 87.6 Å². The molecule has 0 radical (unpaired) electrons. The molecule has 2 fully saturated rings. The van der Waals surface area contributed by atoms with E-state index in [-0.39, 0.29) is 49.6 Å². The van der Waals surface area contributed by atoms with Crippen LogP contribution in [0.4, 0.5) is 0 Å². The first-order valence-corrected chi connectivity index (χ1v) is 18.2. The van der Waals surface area contributed by atoms with Gasteiger partial charge in [-0.05, 0) is 45.1 Å². The summed E-state index contributed by atoms with van der Waals surface area (Å²) in [5.74, 6) is -8.54. The van der Waals surface area contributed by atoms with Gasteiger partial charge in [-0.25, -0.2) is 4.79 Å². The first kappa shape index (κ1) is 44.5. The summed E-state index contributed by atoms with van der Waals surface area (Å²) in [6.07, 6.45) is 1.64. The van der Waals surface area contributed by atoms with Crippen LogP contribution in [0.3, 0.4) is 0 Å². The molecule has 0 aromatic carbocycles. The topological polar surface area (TPSA) is 330 Å². The van der Waals surface area contributed by atoms with Gasteiger partial charge < -0.3 is 58.7 Å². The number of nitrogens with two attached hydrogens (primary N) is 2. The number of unbranched alkanes of at least 4 members (excludes halogenated alkanes) is 1. The van der Waals surface area contributed by atoms with Gasteiger partial charge in [0.05, 0.1) is 19.5 Å². The van der Waals surface area contributed by atoms with Gasteiger partial charge in [-0.15, -0.1) is 0 Å². The van der Waals surface area contributed by atoms with Crippen LogP contribution in [-0.2, 0) is 47.9 Å². The summed E-state index contributed by atoms with van der Waals surface area (Å²) in [4.78, 5) is 125. The molecule has 0 spiro atoms. The highest BCUT2D eigenvalue weighted by Crippen LogP contribution is 2.18. The number of nitrogens with one attached hydrogen (secondary N) is 7. The number of likely N-dealkylation sites (tertiary alicyclic amines) is 1. The van der Waals surface area contributed by atoms with Crippen molar-refractivity contribution < 1.29 is 53.1 Å². The maximum absolute atomic E-state index is 13.1. The molecule has 53 heavy (non-hydrogen) atoms. The minimum atomic E-state index is -1.59. The Balaban J connectivity index is 1.95. The highest BCUT2D eigenvalue weighted by atomic mass is 32.1. The van der Waals surface area contributed by atoms with E-state index in [0.717, 1.165) is 0 Å². The second-order valence-corrected chi connectivity index (χ2v) is 13.0. The zero-order chi connectivity index (χ0) is 39.7. The molecule has 0 aromatic heterocycles. The van der Waals surface area contributed by atoms with Crippen molar-refractivity contribution in [3.05, 3.63) is 0 Å². The number of aliphatic carboxylic acids is 1. The van der Waals surface area contributed by atoms with E-state index in [1.54, 1.807) is 0 Å². The third kappa shape index (κ3) is 14.7. The van der Waals surface area contributed by atoms with E-state index in [9.17, 15) is 53.1 Å². The molecule has 0 saturated carbocycles. The van der Waals surface area contributed by atoms with Crippen molar-refractivity contribution in [3.63, 3.8) is 0 Å². The van der Waals surface area contributed by atoms with E-state index in [2.05, 4.69) is 62.5 Å². The minimum absolute atomic E-state index is 0.150. The number of carbonyl (C=O) groups excluding carboxylic acids is 9. The van der Waals surface area contributed by atoms with Gasteiger partial charge >= 0.3 is 5.97 Å². The van der Waals surface area contributed by atoms with Crippen LogP contribution in [0.25, 0.3) is 0 Å². The number of hydrogen-bond donors (Lipinski definition) is 12. The molecule has 2 rings (SSSR count). The summed E-state index contributed by atoms with van der Waals surface area (Å²) in [6, 6.07) is -7.20. The van der Waals surface area contributed by atoms with Gasteiger partial charge in [0.25, 0.3) is 0 Å². The van der Waals surface area contributed by atoms with Crippen LogP contribution >= 0.6 is 25.3 Å². The van der Waals surface area contributed by atoms with E-state index >= 15 is 0 Å². The molecule has 2 aliphatic heterocycles. The molecule has 12 N–H and O–H groups in total. The summed E-state index contributed by atoms with van der Waals surface area (Å²) in [5, 5.41) is 26.1. The quantitative estimate of drug-likeness (QED) is 0.0361. The predicted octanol–water partition coefficient (Wildman–Crippen LogP) is -5.62. The molecule has 2 aliphatic rings. The van der Waals surface area contributed by atoms with Gasteiger partial charge in [0.2, 0.25) is 53.2 Å². The molecule has 6 atom stereocenters. The number of thiol groups is 2. The Morgan fingerprint density at radius 1 is 0.811 bits per heavy atom. The third-order valence-electron chi connectivity index (χ3n) is 8.27. The van der Waals surface area contributed by atoms with E-state index in [0.29, 0.717) is 25.8 Å². The van der Waals surface area contributed by atoms with Crippen molar-refractivity contribution in [2.24, 2.45) is 11.5 Å². The molecule has 23 heteroatoms. The van der Waals surface area contributed by atoms with Crippen LogP contribution in [0.15, 0.2) is 0 Å². The molecular formula is C30H48N10O11S2. The molecule has 9 amide bonds. The van der Waals surface area contributed by atoms with Gasteiger partial charge in [0.15, 0.2) is 0 Å². The summed E-state index contributed by atoms with van der Waals surface area (Å²) in [6.45, 7) is -0.637. The second-order valence-electron chi connectivity index (χ2n) is 12.3. The lowest BCUT2D eigenvalue weighted by Gasteiger charge is -2.26. The van der Waals surface area contributed by atoms with E-state index < -0.39 is 109 Å². The number of carboxylic acid groups (broad SMARTS) is 1. The van der Waals surface area contributed by atoms with Crippen molar-refractivity contribution in [1.29, 1.82) is 0 Å². The number of primary amides is 1. The molecule has 2 saturated heterocycles. The number of carbonyl (C=O) groups is 10. The normalized spacial score (nSPS) is 18.7. The lowest BCUT2D eigenvalue weighted by Crippen LogP contribution is -2.59. The molecule has 0 bridgehead atoms.